The van der Waals surface area contributed by atoms with E-state index in [1.807, 2.05) is 22.3 Å². The van der Waals surface area contributed by atoms with Crippen LogP contribution < -0.4 is 4.72 Å². The van der Waals surface area contributed by atoms with E-state index in [0.29, 0.717) is 0 Å². The molecule has 0 amide bonds. The summed E-state index contributed by atoms with van der Waals surface area (Å²) in [5, 5.41) is 6.68. The number of piperazine rings is 1. The van der Waals surface area contributed by atoms with Gasteiger partial charge in [0.2, 0.25) is 0 Å². The molecule has 1 fully saturated rings. The molecule has 8 nitrogen and oxygen atoms in total. The minimum absolute atomic E-state index is 0.265. The second-order valence-electron chi connectivity index (χ2n) is 9.06. The SMILES string of the molecule is CN1CCN(Cc2ccc3c(c2)Cc2cnn(-c4csc(CNS(=O)(=O)N(C)C)c4)c2-3)CC1. The van der Waals surface area contributed by atoms with Crippen molar-refractivity contribution >= 4 is 21.5 Å². The number of benzene rings is 1. The zero-order valence-corrected chi connectivity index (χ0v) is 20.9. The Balaban J connectivity index is 1.33. The van der Waals surface area contributed by atoms with Crippen LogP contribution in [0.3, 0.4) is 0 Å². The molecule has 0 bridgehead atoms. The van der Waals surface area contributed by atoms with Crippen LogP contribution in [0, 0.1) is 0 Å². The Labute approximate surface area is 199 Å². The Morgan fingerprint density at radius 1 is 1.12 bits per heavy atom. The van der Waals surface area contributed by atoms with E-state index in [-0.39, 0.29) is 6.54 Å². The molecule has 0 unspecified atom stereocenters. The maximum absolute atomic E-state index is 12.0. The molecule has 176 valence electrons. The van der Waals surface area contributed by atoms with Crippen LogP contribution in [-0.4, -0.2) is 79.6 Å². The molecule has 0 spiro atoms. The van der Waals surface area contributed by atoms with E-state index in [4.69, 9.17) is 0 Å². The van der Waals surface area contributed by atoms with Gasteiger partial charge in [0.05, 0.1) is 17.6 Å². The van der Waals surface area contributed by atoms with Crippen LogP contribution in [-0.2, 0) is 29.7 Å². The summed E-state index contributed by atoms with van der Waals surface area (Å²) in [5.74, 6) is 0. The Morgan fingerprint density at radius 3 is 2.67 bits per heavy atom. The lowest BCUT2D eigenvalue weighted by Gasteiger charge is -2.32. The normalized spacial score (nSPS) is 17.0. The first-order valence-electron chi connectivity index (χ1n) is 11.1. The summed E-state index contributed by atoms with van der Waals surface area (Å²) >= 11 is 1.53. The van der Waals surface area contributed by atoms with Crippen LogP contribution in [0.2, 0.25) is 0 Å². The van der Waals surface area contributed by atoms with Gasteiger partial charge in [-0.2, -0.15) is 22.5 Å². The predicted octanol–water partition coefficient (Wildman–Crippen LogP) is 2.15. The molecule has 1 saturated heterocycles. The fourth-order valence-electron chi connectivity index (χ4n) is 4.45. The standard InChI is InChI=1S/C23H30N6O2S2/c1-26(2)33(30,31)25-14-21-12-20(16-32-21)29-23-19(13-24-29)11-18-10-17(4-5-22(18)23)15-28-8-6-27(3)7-9-28/h4-5,10,12-13,16,25H,6-9,11,14-15H2,1-3H3. The van der Waals surface area contributed by atoms with Crippen molar-refractivity contribution in [3.05, 3.63) is 57.4 Å². The molecule has 1 N–H and O–H groups in total. The highest BCUT2D eigenvalue weighted by Crippen LogP contribution is 2.39. The number of nitrogens with zero attached hydrogens (tertiary/aromatic N) is 5. The lowest BCUT2D eigenvalue weighted by Crippen LogP contribution is -2.43. The average Bonchev–Trinajstić information content (AvgIpc) is 3.48. The third kappa shape index (κ3) is 4.64. The van der Waals surface area contributed by atoms with Gasteiger partial charge in [0.15, 0.2) is 0 Å². The highest BCUT2D eigenvalue weighted by atomic mass is 32.2. The third-order valence-corrected chi connectivity index (χ3v) is 8.84. The largest absolute Gasteiger partial charge is 0.304 e. The van der Waals surface area contributed by atoms with Crippen molar-refractivity contribution < 1.29 is 8.42 Å². The number of thiophene rings is 1. The highest BCUT2D eigenvalue weighted by molar-refractivity contribution is 7.87. The summed E-state index contributed by atoms with van der Waals surface area (Å²) in [6.07, 6.45) is 2.86. The van der Waals surface area contributed by atoms with Crippen molar-refractivity contribution in [1.29, 1.82) is 0 Å². The van der Waals surface area contributed by atoms with Gasteiger partial charge in [-0.3, -0.25) is 4.90 Å². The molecule has 0 radical (unpaired) electrons. The molecule has 5 rings (SSSR count). The minimum atomic E-state index is -3.45. The summed E-state index contributed by atoms with van der Waals surface area (Å²) < 4.78 is 29.8. The molecule has 0 saturated carbocycles. The first kappa shape index (κ1) is 22.7. The van der Waals surface area contributed by atoms with E-state index in [2.05, 4.69) is 44.9 Å². The molecule has 3 aromatic rings. The lowest BCUT2D eigenvalue weighted by atomic mass is 10.0. The summed E-state index contributed by atoms with van der Waals surface area (Å²) in [7, 11) is 1.77. The predicted molar refractivity (Wildman–Crippen MR) is 132 cm³/mol. The topological polar surface area (TPSA) is 73.7 Å². The molecule has 10 heteroatoms. The summed E-state index contributed by atoms with van der Waals surface area (Å²) in [6.45, 7) is 5.76. The minimum Gasteiger partial charge on any atom is -0.304 e. The average molecular weight is 487 g/mol. The number of hydrogen-bond acceptors (Lipinski definition) is 6. The molecular weight excluding hydrogens is 456 g/mol. The quantitative estimate of drug-likeness (QED) is 0.433. The van der Waals surface area contributed by atoms with E-state index < -0.39 is 10.2 Å². The maximum Gasteiger partial charge on any atom is 0.279 e. The molecule has 3 heterocycles. The summed E-state index contributed by atoms with van der Waals surface area (Å²) in [5.41, 5.74) is 7.32. The second kappa shape index (κ2) is 8.94. The van der Waals surface area contributed by atoms with Crippen LogP contribution in [0.15, 0.2) is 35.8 Å². The van der Waals surface area contributed by atoms with Crippen molar-refractivity contribution in [3.8, 4) is 16.9 Å². The molecular formula is C23H30N6O2S2. The molecule has 0 atom stereocenters. The zero-order valence-electron chi connectivity index (χ0n) is 19.3. The summed E-state index contributed by atoms with van der Waals surface area (Å²) in [6, 6.07) is 8.85. The smallest absolute Gasteiger partial charge is 0.279 e. The van der Waals surface area contributed by atoms with Gasteiger partial charge in [0.1, 0.15) is 0 Å². The van der Waals surface area contributed by atoms with Gasteiger partial charge in [-0.1, -0.05) is 18.2 Å². The zero-order chi connectivity index (χ0) is 23.2. The molecule has 2 aliphatic rings. The van der Waals surface area contributed by atoms with Crippen LogP contribution in [0.4, 0.5) is 0 Å². The maximum atomic E-state index is 12.0. The van der Waals surface area contributed by atoms with Crippen molar-refractivity contribution in [2.24, 2.45) is 0 Å². The highest BCUT2D eigenvalue weighted by Gasteiger charge is 2.25. The van der Waals surface area contributed by atoms with Crippen LogP contribution in [0.25, 0.3) is 16.9 Å². The molecule has 33 heavy (non-hydrogen) atoms. The van der Waals surface area contributed by atoms with E-state index >= 15 is 0 Å². The van der Waals surface area contributed by atoms with Crippen molar-refractivity contribution in [2.45, 2.75) is 19.5 Å². The van der Waals surface area contributed by atoms with Gasteiger partial charge in [-0.25, -0.2) is 4.68 Å². The Kier molecular flexibility index (Phi) is 6.15. The van der Waals surface area contributed by atoms with Crippen molar-refractivity contribution in [2.75, 3.05) is 47.3 Å². The number of nitrogens with one attached hydrogen (secondary N) is 1. The fourth-order valence-corrected chi connectivity index (χ4v) is 5.92. The van der Waals surface area contributed by atoms with Crippen molar-refractivity contribution in [1.82, 2.24) is 28.6 Å². The molecule has 2 aromatic heterocycles. The third-order valence-electron chi connectivity index (χ3n) is 6.45. The van der Waals surface area contributed by atoms with E-state index in [9.17, 15) is 8.42 Å². The van der Waals surface area contributed by atoms with E-state index in [0.717, 1.165) is 55.4 Å². The number of rotatable bonds is 7. The first-order valence-corrected chi connectivity index (χ1v) is 13.5. The van der Waals surface area contributed by atoms with Gasteiger partial charge in [-0.05, 0) is 24.2 Å². The van der Waals surface area contributed by atoms with Crippen LogP contribution in [0.5, 0.6) is 0 Å². The fraction of sp³-hybridized carbons (Fsp3) is 0.435. The van der Waals surface area contributed by atoms with Crippen LogP contribution in [0.1, 0.15) is 21.6 Å². The number of aromatic nitrogens is 2. The van der Waals surface area contributed by atoms with Gasteiger partial charge < -0.3 is 4.90 Å². The lowest BCUT2D eigenvalue weighted by molar-refractivity contribution is 0.148. The van der Waals surface area contributed by atoms with E-state index in [1.54, 1.807) is 0 Å². The second-order valence-corrected chi connectivity index (χ2v) is 12.0. The summed E-state index contributed by atoms with van der Waals surface area (Å²) in [4.78, 5) is 5.86. The van der Waals surface area contributed by atoms with Crippen LogP contribution >= 0.6 is 11.3 Å². The number of hydrogen-bond donors (Lipinski definition) is 1. The number of likely N-dealkylation sites (N-methyl/N-ethyl adjacent to an activating group) is 1. The van der Waals surface area contributed by atoms with Crippen molar-refractivity contribution in [3.63, 3.8) is 0 Å². The van der Waals surface area contributed by atoms with Gasteiger partial charge in [0.25, 0.3) is 10.2 Å². The Hall–Kier alpha value is -2.08. The monoisotopic (exact) mass is 486 g/mol. The van der Waals surface area contributed by atoms with Gasteiger partial charge in [0, 0.05) is 81.2 Å². The first-order chi connectivity index (χ1) is 15.8. The van der Waals surface area contributed by atoms with Gasteiger partial charge >= 0.3 is 0 Å². The van der Waals surface area contributed by atoms with Gasteiger partial charge in [-0.15, -0.1) is 11.3 Å². The Morgan fingerprint density at radius 2 is 1.91 bits per heavy atom. The molecule has 1 aliphatic carbocycles. The number of fused-ring (bicyclic) bond motifs is 3. The van der Waals surface area contributed by atoms with E-state index in [1.165, 1.54) is 52.0 Å². The molecule has 1 aromatic carbocycles. The molecule has 1 aliphatic heterocycles. The Bertz CT molecular complexity index is 1260.